The van der Waals surface area contributed by atoms with Crippen LogP contribution in [0, 0.1) is 11.7 Å². The predicted octanol–water partition coefficient (Wildman–Crippen LogP) is 3.89. The molecule has 2 unspecified atom stereocenters. The Morgan fingerprint density at radius 1 is 1.29 bits per heavy atom. The normalized spacial score (nSPS) is 22.1. The van der Waals surface area contributed by atoms with E-state index in [0.717, 1.165) is 64.2 Å². The van der Waals surface area contributed by atoms with Crippen LogP contribution in [0.1, 0.15) is 30.9 Å². The van der Waals surface area contributed by atoms with Gasteiger partial charge in [-0.05, 0) is 62.2 Å². The number of pyridine rings is 1. The third-order valence-electron chi connectivity index (χ3n) is 6.35. The molecule has 2 N–H and O–H groups in total. The second-order valence-electron chi connectivity index (χ2n) is 8.79. The third kappa shape index (κ3) is 3.66. The molecule has 1 aliphatic heterocycles. The Balaban J connectivity index is 1.55. The number of nitrogens with zero attached hydrogens (tertiary/aromatic N) is 7. The fourth-order valence-corrected chi connectivity index (χ4v) is 6.97. The molecule has 5 heterocycles. The summed E-state index contributed by atoms with van der Waals surface area (Å²) in [5.41, 5.74) is 4.47. The fourth-order valence-electron chi connectivity index (χ4n) is 4.47. The first-order chi connectivity index (χ1) is 14.8. The average Bonchev–Trinajstić information content (AvgIpc) is 3.21. The Labute approximate surface area is 185 Å². The summed E-state index contributed by atoms with van der Waals surface area (Å²) in [4.78, 5) is 20.1. The van der Waals surface area contributed by atoms with Gasteiger partial charge in [0.05, 0.1) is 11.9 Å². The molecule has 4 aromatic heterocycles. The van der Waals surface area contributed by atoms with Crippen molar-refractivity contribution in [1.29, 1.82) is 0 Å². The van der Waals surface area contributed by atoms with Crippen molar-refractivity contribution in [2.45, 2.75) is 50.9 Å². The van der Waals surface area contributed by atoms with Crippen LogP contribution in [0.3, 0.4) is 0 Å². The largest absolute Gasteiger partial charge is 0.432 e. The van der Waals surface area contributed by atoms with E-state index in [1.165, 1.54) is 0 Å². The number of hydrogen-bond acceptors (Lipinski definition) is 7. The summed E-state index contributed by atoms with van der Waals surface area (Å²) in [6, 6.07) is 4.06. The van der Waals surface area contributed by atoms with E-state index in [1.54, 1.807) is 6.33 Å². The van der Waals surface area contributed by atoms with Crippen molar-refractivity contribution in [2.24, 2.45) is 7.05 Å². The summed E-state index contributed by atoms with van der Waals surface area (Å²) in [5, 5.41) is 11.4. The molecule has 4 aromatic rings. The summed E-state index contributed by atoms with van der Waals surface area (Å²) in [6.45, 7) is 4.08. The number of aromatic nitrogens is 7. The molecular weight excluding hydrogens is 428 g/mol. The monoisotopic (exact) mass is 454 g/mol. The minimum atomic E-state index is -2.09. The molecule has 0 saturated carbocycles. The molecule has 2 atom stereocenters. The maximum atomic E-state index is 10.7. The molecule has 11 heteroatoms. The van der Waals surface area contributed by atoms with E-state index >= 15 is 0 Å². The molecular formula is C20H26N8OSSi. The van der Waals surface area contributed by atoms with Gasteiger partial charge in [-0.15, -0.1) is 10.2 Å². The zero-order valence-electron chi connectivity index (χ0n) is 17.9. The van der Waals surface area contributed by atoms with Gasteiger partial charge in [-0.2, -0.15) is 4.98 Å². The van der Waals surface area contributed by atoms with Crippen molar-refractivity contribution < 1.29 is 4.80 Å². The Bertz CT molecular complexity index is 1340. The molecule has 31 heavy (non-hydrogen) atoms. The SMILES string of the molecule is Cc1cc2nncn2cc1Nc1ncc2c(n1)n(C1CCC[Si](C)(O)CC1)c(=S)n2C. The van der Waals surface area contributed by atoms with Crippen LogP contribution in [0.4, 0.5) is 11.6 Å². The van der Waals surface area contributed by atoms with Gasteiger partial charge in [0.2, 0.25) is 5.95 Å². The van der Waals surface area contributed by atoms with Crippen LogP contribution in [-0.4, -0.2) is 46.8 Å². The fraction of sp³-hybridized carbons (Fsp3) is 0.450. The highest BCUT2D eigenvalue weighted by molar-refractivity contribution is 7.71. The lowest BCUT2D eigenvalue weighted by atomic mass is 10.1. The summed E-state index contributed by atoms with van der Waals surface area (Å²) >= 11 is 5.78. The highest BCUT2D eigenvalue weighted by atomic mass is 32.1. The number of anilines is 2. The summed E-state index contributed by atoms with van der Waals surface area (Å²) in [6.07, 6.45) is 8.40. The van der Waals surface area contributed by atoms with Gasteiger partial charge in [0.15, 0.2) is 24.4 Å². The zero-order valence-corrected chi connectivity index (χ0v) is 19.7. The molecule has 0 aliphatic carbocycles. The van der Waals surface area contributed by atoms with Crippen molar-refractivity contribution in [3.63, 3.8) is 0 Å². The molecule has 0 amide bonds. The molecule has 5 rings (SSSR count). The van der Waals surface area contributed by atoms with E-state index in [-0.39, 0.29) is 6.04 Å². The second-order valence-corrected chi connectivity index (χ2v) is 13.1. The first kappa shape index (κ1) is 20.3. The number of rotatable bonds is 3. The summed E-state index contributed by atoms with van der Waals surface area (Å²) < 4.78 is 6.75. The zero-order chi connectivity index (χ0) is 21.8. The van der Waals surface area contributed by atoms with Gasteiger partial charge in [0.25, 0.3) is 0 Å². The standard InChI is InChI=1S/C20H26N8OSSi/c1-13-9-17-25-22-12-27(17)11-15(13)23-19-21-10-16-18(24-19)28(20(30)26(16)2)14-5-4-7-31(3,29)8-6-14/h9-12,14,29H,4-8H2,1-3H3,(H,21,23,24). The average molecular weight is 455 g/mol. The van der Waals surface area contributed by atoms with Gasteiger partial charge >= 0.3 is 0 Å². The van der Waals surface area contributed by atoms with E-state index in [4.69, 9.17) is 17.2 Å². The highest BCUT2D eigenvalue weighted by Gasteiger charge is 2.31. The predicted molar refractivity (Wildman–Crippen MR) is 125 cm³/mol. The molecule has 0 radical (unpaired) electrons. The van der Waals surface area contributed by atoms with Gasteiger partial charge < -0.3 is 14.7 Å². The molecule has 0 bridgehead atoms. The van der Waals surface area contributed by atoms with Crippen molar-refractivity contribution >= 4 is 49.0 Å². The number of nitrogens with one attached hydrogen (secondary N) is 1. The van der Waals surface area contributed by atoms with E-state index in [9.17, 15) is 4.80 Å². The van der Waals surface area contributed by atoms with Crippen molar-refractivity contribution in [1.82, 2.24) is 33.7 Å². The summed E-state index contributed by atoms with van der Waals surface area (Å²) in [5.74, 6) is 0.521. The topological polar surface area (TPSA) is 98.1 Å². The van der Waals surface area contributed by atoms with Crippen LogP contribution >= 0.6 is 12.2 Å². The number of imidazole rings is 1. The first-order valence-electron chi connectivity index (χ1n) is 10.6. The first-order valence-corrected chi connectivity index (χ1v) is 13.8. The maximum absolute atomic E-state index is 10.7. The van der Waals surface area contributed by atoms with Crippen LogP contribution in [0.15, 0.2) is 24.8 Å². The van der Waals surface area contributed by atoms with Gasteiger partial charge in [-0.25, -0.2) is 4.98 Å². The number of fused-ring (bicyclic) bond motifs is 2. The van der Waals surface area contributed by atoms with Crippen LogP contribution in [0.5, 0.6) is 0 Å². The number of aryl methyl sites for hydroxylation is 2. The smallest absolute Gasteiger partial charge is 0.229 e. The van der Waals surface area contributed by atoms with E-state index in [1.807, 2.05) is 41.4 Å². The lowest BCUT2D eigenvalue weighted by Crippen LogP contribution is -2.28. The molecule has 0 aromatic carbocycles. The Morgan fingerprint density at radius 3 is 2.97 bits per heavy atom. The Kier molecular flexibility index (Phi) is 4.91. The molecule has 162 valence electrons. The van der Waals surface area contributed by atoms with Crippen molar-refractivity contribution in [3.05, 3.63) is 35.1 Å². The van der Waals surface area contributed by atoms with E-state index in [0.29, 0.717) is 5.95 Å². The van der Waals surface area contributed by atoms with Gasteiger partial charge in [-0.3, -0.25) is 8.97 Å². The Hall–Kier alpha value is -2.63. The highest BCUT2D eigenvalue weighted by Crippen LogP contribution is 2.34. The lowest BCUT2D eigenvalue weighted by Gasteiger charge is -2.19. The van der Waals surface area contributed by atoms with Crippen molar-refractivity contribution in [3.8, 4) is 0 Å². The number of hydrogen-bond donors (Lipinski definition) is 2. The quantitative estimate of drug-likeness (QED) is 0.358. The van der Waals surface area contributed by atoms with E-state index in [2.05, 4.69) is 31.6 Å². The minimum Gasteiger partial charge on any atom is -0.432 e. The minimum absolute atomic E-state index is 0.246. The van der Waals surface area contributed by atoms with Gasteiger partial charge in [-0.1, -0.05) is 6.42 Å². The summed E-state index contributed by atoms with van der Waals surface area (Å²) in [7, 11) is -0.129. The van der Waals surface area contributed by atoms with Crippen LogP contribution in [-0.2, 0) is 7.05 Å². The molecule has 1 aliphatic rings. The van der Waals surface area contributed by atoms with Crippen molar-refractivity contribution in [2.75, 3.05) is 5.32 Å². The molecule has 1 saturated heterocycles. The Morgan fingerprint density at radius 2 is 2.13 bits per heavy atom. The lowest BCUT2D eigenvalue weighted by molar-refractivity contribution is 0.453. The van der Waals surface area contributed by atoms with Gasteiger partial charge in [0.1, 0.15) is 11.8 Å². The molecule has 1 fully saturated rings. The van der Waals surface area contributed by atoms with Gasteiger partial charge in [0, 0.05) is 19.3 Å². The molecule has 9 nitrogen and oxygen atoms in total. The van der Waals surface area contributed by atoms with E-state index < -0.39 is 8.32 Å². The van der Waals surface area contributed by atoms with Crippen LogP contribution < -0.4 is 5.32 Å². The van der Waals surface area contributed by atoms with Crippen LogP contribution in [0.2, 0.25) is 18.6 Å². The maximum Gasteiger partial charge on any atom is 0.229 e. The third-order valence-corrected chi connectivity index (χ3v) is 9.62. The van der Waals surface area contributed by atoms with Crippen LogP contribution in [0.25, 0.3) is 16.8 Å². The molecule has 0 spiro atoms. The second kappa shape index (κ2) is 7.50.